The highest BCUT2D eigenvalue weighted by atomic mass is 16.5. The van der Waals surface area contributed by atoms with Crippen molar-refractivity contribution in [3.63, 3.8) is 0 Å². The van der Waals surface area contributed by atoms with Crippen LogP contribution in [-0.4, -0.2) is 55.4 Å². The Morgan fingerprint density at radius 3 is 2.80 bits per heavy atom. The van der Waals surface area contributed by atoms with Gasteiger partial charge in [0.1, 0.15) is 5.75 Å². The summed E-state index contributed by atoms with van der Waals surface area (Å²) in [5, 5.41) is 14.9. The summed E-state index contributed by atoms with van der Waals surface area (Å²) in [6, 6.07) is 6.36. The van der Waals surface area contributed by atoms with Crippen LogP contribution in [0.4, 0.5) is 10.5 Å². The number of benzene rings is 1. The minimum absolute atomic E-state index is 0.0657. The molecule has 1 fully saturated rings. The third kappa shape index (κ3) is 4.71. The third-order valence-corrected chi connectivity index (χ3v) is 3.19. The molecule has 20 heavy (non-hydrogen) atoms. The summed E-state index contributed by atoms with van der Waals surface area (Å²) in [6.07, 6.45) is 0.897. The van der Waals surface area contributed by atoms with Crippen LogP contribution in [0.1, 0.15) is 6.42 Å². The third-order valence-electron chi connectivity index (χ3n) is 3.19. The average Bonchev–Trinajstić information content (AvgIpc) is 2.47. The number of para-hydroxylation sites is 2. The van der Waals surface area contributed by atoms with Crippen molar-refractivity contribution in [2.75, 3.05) is 44.7 Å². The van der Waals surface area contributed by atoms with Crippen molar-refractivity contribution in [2.45, 2.75) is 6.42 Å². The van der Waals surface area contributed by atoms with E-state index in [9.17, 15) is 9.90 Å². The molecule has 1 aliphatic rings. The van der Waals surface area contributed by atoms with Gasteiger partial charge in [0.15, 0.2) is 0 Å². The molecule has 0 radical (unpaired) electrons. The second-order valence-corrected chi connectivity index (χ2v) is 4.71. The fourth-order valence-electron chi connectivity index (χ4n) is 2.08. The normalized spacial score (nSPS) is 15.8. The molecule has 1 aromatic carbocycles. The molecule has 0 atom stereocenters. The van der Waals surface area contributed by atoms with Gasteiger partial charge in [0.2, 0.25) is 0 Å². The minimum Gasteiger partial charge on any atom is -0.506 e. The van der Waals surface area contributed by atoms with E-state index in [0.29, 0.717) is 12.2 Å². The maximum Gasteiger partial charge on any atom is 0.319 e. The first-order chi connectivity index (χ1) is 9.75. The zero-order chi connectivity index (χ0) is 14.2. The quantitative estimate of drug-likeness (QED) is 0.560. The lowest BCUT2D eigenvalue weighted by atomic mass is 10.3. The van der Waals surface area contributed by atoms with Crippen LogP contribution in [0.3, 0.4) is 0 Å². The van der Waals surface area contributed by atoms with E-state index in [1.807, 2.05) is 0 Å². The molecule has 6 heteroatoms. The summed E-state index contributed by atoms with van der Waals surface area (Å²) in [6.45, 7) is 5.08. The number of hydrogen-bond donors (Lipinski definition) is 3. The van der Waals surface area contributed by atoms with Gasteiger partial charge < -0.3 is 20.5 Å². The molecule has 0 spiro atoms. The number of nitrogens with zero attached hydrogens (tertiary/aromatic N) is 1. The number of amides is 2. The highest BCUT2D eigenvalue weighted by Crippen LogP contribution is 2.20. The van der Waals surface area contributed by atoms with Gasteiger partial charge in [-0.25, -0.2) is 4.79 Å². The Bertz CT molecular complexity index is 433. The van der Waals surface area contributed by atoms with Crippen LogP contribution in [0.15, 0.2) is 24.3 Å². The standard InChI is InChI=1S/C14H21N3O3/c18-13-5-2-1-4-12(13)16-14(19)15-6-3-7-17-8-10-20-11-9-17/h1-2,4-5,18H,3,6-11H2,(H2,15,16,19). The van der Waals surface area contributed by atoms with Crippen LogP contribution in [0.5, 0.6) is 5.75 Å². The Hall–Kier alpha value is -1.79. The Labute approximate surface area is 118 Å². The first kappa shape index (κ1) is 14.6. The largest absolute Gasteiger partial charge is 0.506 e. The smallest absolute Gasteiger partial charge is 0.319 e. The number of nitrogens with one attached hydrogen (secondary N) is 2. The van der Waals surface area contributed by atoms with Crippen molar-refractivity contribution in [3.05, 3.63) is 24.3 Å². The predicted molar refractivity (Wildman–Crippen MR) is 77.0 cm³/mol. The predicted octanol–water partition coefficient (Wildman–Crippen LogP) is 1.24. The number of ether oxygens (including phenoxy) is 1. The zero-order valence-corrected chi connectivity index (χ0v) is 11.5. The van der Waals surface area contributed by atoms with E-state index in [0.717, 1.165) is 39.3 Å². The fraction of sp³-hybridized carbons (Fsp3) is 0.500. The van der Waals surface area contributed by atoms with Gasteiger partial charge in [-0.05, 0) is 25.1 Å². The van der Waals surface area contributed by atoms with Gasteiger partial charge in [0, 0.05) is 19.6 Å². The molecule has 6 nitrogen and oxygen atoms in total. The second kappa shape index (κ2) is 7.72. The summed E-state index contributed by atoms with van der Waals surface area (Å²) in [4.78, 5) is 14.0. The molecule has 1 aliphatic heterocycles. The molecule has 0 aromatic heterocycles. The molecular weight excluding hydrogens is 258 g/mol. The van der Waals surface area contributed by atoms with Crippen LogP contribution in [0.25, 0.3) is 0 Å². The minimum atomic E-state index is -0.298. The molecule has 110 valence electrons. The average molecular weight is 279 g/mol. The first-order valence-corrected chi connectivity index (χ1v) is 6.88. The molecule has 0 aliphatic carbocycles. The van der Waals surface area contributed by atoms with E-state index < -0.39 is 0 Å². The van der Waals surface area contributed by atoms with Crippen LogP contribution in [0, 0.1) is 0 Å². The van der Waals surface area contributed by atoms with Crippen molar-refractivity contribution in [1.82, 2.24) is 10.2 Å². The zero-order valence-electron chi connectivity index (χ0n) is 11.5. The molecule has 1 heterocycles. The van der Waals surface area contributed by atoms with E-state index in [1.54, 1.807) is 18.2 Å². The number of rotatable bonds is 5. The maximum absolute atomic E-state index is 11.6. The van der Waals surface area contributed by atoms with Crippen molar-refractivity contribution in [2.24, 2.45) is 0 Å². The van der Waals surface area contributed by atoms with Crippen LogP contribution in [-0.2, 0) is 4.74 Å². The van der Waals surface area contributed by atoms with Gasteiger partial charge in [-0.15, -0.1) is 0 Å². The lowest BCUT2D eigenvalue weighted by Crippen LogP contribution is -2.38. The van der Waals surface area contributed by atoms with E-state index >= 15 is 0 Å². The molecule has 1 aromatic rings. The van der Waals surface area contributed by atoms with Crippen LogP contribution in [0.2, 0.25) is 0 Å². The Morgan fingerprint density at radius 1 is 1.30 bits per heavy atom. The molecule has 0 saturated carbocycles. The number of morpholine rings is 1. The van der Waals surface area contributed by atoms with Gasteiger partial charge in [-0.1, -0.05) is 12.1 Å². The summed E-state index contributed by atoms with van der Waals surface area (Å²) < 4.78 is 5.28. The van der Waals surface area contributed by atoms with Crippen LogP contribution >= 0.6 is 0 Å². The van der Waals surface area contributed by atoms with Gasteiger partial charge in [-0.3, -0.25) is 4.90 Å². The van der Waals surface area contributed by atoms with Crippen molar-refractivity contribution in [3.8, 4) is 5.75 Å². The number of aromatic hydroxyl groups is 1. The molecule has 1 saturated heterocycles. The number of carbonyl (C=O) groups excluding carboxylic acids is 1. The van der Waals surface area contributed by atoms with E-state index in [4.69, 9.17) is 4.74 Å². The maximum atomic E-state index is 11.6. The summed E-state index contributed by atoms with van der Waals surface area (Å²) in [7, 11) is 0. The lowest BCUT2D eigenvalue weighted by molar-refractivity contribution is 0.0375. The number of anilines is 1. The second-order valence-electron chi connectivity index (χ2n) is 4.71. The van der Waals surface area contributed by atoms with E-state index in [2.05, 4.69) is 15.5 Å². The SMILES string of the molecule is O=C(NCCCN1CCOCC1)Nc1ccccc1O. The van der Waals surface area contributed by atoms with Gasteiger partial charge in [0.05, 0.1) is 18.9 Å². The number of urea groups is 1. The molecule has 3 N–H and O–H groups in total. The van der Waals surface area contributed by atoms with Gasteiger partial charge in [0.25, 0.3) is 0 Å². The summed E-state index contributed by atoms with van der Waals surface area (Å²) in [5.41, 5.74) is 0.415. The van der Waals surface area contributed by atoms with E-state index in [1.165, 1.54) is 6.07 Å². The number of phenols is 1. The molecule has 0 unspecified atom stereocenters. The molecule has 0 bridgehead atoms. The summed E-state index contributed by atoms with van der Waals surface area (Å²) >= 11 is 0. The topological polar surface area (TPSA) is 73.8 Å². The lowest BCUT2D eigenvalue weighted by Gasteiger charge is -2.26. The Morgan fingerprint density at radius 2 is 2.05 bits per heavy atom. The highest BCUT2D eigenvalue weighted by molar-refractivity contribution is 5.90. The van der Waals surface area contributed by atoms with E-state index in [-0.39, 0.29) is 11.8 Å². The number of phenolic OH excluding ortho intramolecular Hbond substituents is 1. The summed E-state index contributed by atoms with van der Waals surface area (Å²) in [5.74, 6) is 0.0657. The highest BCUT2D eigenvalue weighted by Gasteiger charge is 2.09. The Balaban J connectivity index is 1.61. The monoisotopic (exact) mass is 279 g/mol. The Kier molecular flexibility index (Phi) is 5.64. The van der Waals surface area contributed by atoms with Gasteiger partial charge in [-0.2, -0.15) is 0 Å². The first-order valence-electron chi connectivity index (χ1n) is 6.88. The molecule has 2 amide bonds. The number of hydrogen-bond acceptors (Lipinski definition) is 4. The van der Waals surface area contributed by atoms with Crippen LogP contribution < -0.4 is 10.6 Å². The van der Waals surface area contributed by atoms with Crippen molar-refractivity contribution < 1.29 is 14.6 Å². The number of carbonyl (C=O) groups is 1. The molecule has 2 rings (SSSR count). The fourth-order valence-corrected chi connectivity index (χ4v) is 2.08. The van der Waals surface area contributed by atoms with Crippen molar-refractivity contribution in [1.29, 1.82) is 0 Å². The molecular formula is C14H21N3O3. The van der Waals surface area contributed by atoms with Crippen molar-refractivity contribution >= 4 is 11.7 Å². The van der Waals surface area contributed by atoms with Gasteiger partial charge >= 0.3 is 6.03 Å².